The third-order valence-corrected chi connectivity index (χ3v) is 6.26. The van der Waals surface area contributed by atoms with E-state index in [2.05, 4.69) is 20.6 Å². The zero-order chi connectivity index (χ0) is 19.3. The molecule has 2 unspecified atom stereocenters. The first kappa shape index (κ1) is 22.5. The van der Waals surface area contributed by atoms with Gasteiger partial charge in [0.1, 0.15) is 0 Å². The molecule has 0 aliphatic carbocycles. The Hall–Kier alpha value is -2.22. The maximum absolute atomic E-state index is 13.2. The molecule has 2 aliphatic rings. The van der Waals surface area contributed by atoms with Crippen LogP contribution >= 0.6 is 24.8 Å². The molecule has 1 amide bonds. The van der Waals surface area contributed by atoms with Crippen molar-refractivity contribution < 1.29 is 4.79 Å². The number of piperidine rings is 1. The summed E-state index contributed by atoms with van der Waals surface area (Å²) in [6.07, 6.45) is 6.24. The Morgan fingerprint density at radius 2 is 1.87 bits per heavy atom. The van der Waals surface area contributed by atoms with Gasteiger partial charge in [-0.3, -0.25) is 9.78 Å². The summed E-state index contributed by atoms with van der Waals surface area (Å²) in [6.45, 7) is 1.91. The monoisotopic (exact) mass is 448 g/mol. The summed E-state index contributed by atoms with van der Waals surface area (Å²) in [6, 6.07) is 11.2. The first-order chi connectivity index (χ1) is 13.6. The largest absolute Gasteiger partial charge is 0.337 e. The normalized spacial score (nSPS) is 22.3. The average molecular weight is 449 g/mol. The number of amides is 1. The number of hydrogen-bond donors (Lipinski definition) is 1. The van der Waals surface area contributed by atoms with Crippen LogP contribution in [0.4, 0.5) is 0 Å². The highest BCUT2D eigenvalue weighted by Gasteiger charge is 2.37. The zero-order valence-corrected chi connectivity index (χ0v) is 18.6. The second kappa shape index (κ2) is 8.88. The van der Waals surface area contributed by atoms with Gasteiger partial charge in [-0.2, -0.15) is 0 Å². The molecule has 160 valence electrons. The Kier molecular flexibility index (Phi) is 6.65. The number of nitrogens with zero attached hydrogens (tertiary/aromatic N) is 5. The van der Waals surface area contributed by atoms with E-state index in [-0.39, 0.29) is 36.8 Å². The molecule has 2 saturated heterocycles. The molecule has 4 heterocycles. The molecule has 0 spiro atoms. The van der Waals surface area contributed by atoms with E-state index in [4.69, 9.17) is 0 Å². The summed E-state index contributed by atoms with van der Waals surface area (Å²) >= 11 is 0. The highest BCUT2D eigenvalue weighted by Crippen LogP contribution is 2.30. The molecular formula is C21H26Cl2N6O. The van der Waals surface area contributed by atoms with E-state index in [1.54, 1.807) is 10.9 Å². The predicted molar refractivity (Wildman–Crippen MR) is 121 cm³/mol. The van der Waals surface area contributed by atoms with E-state index in [0.717, 1.165) is 35.1 Å². The van der Waals surface area contributed by atoms with Crippen molar-refractivity contribution in [2.24, 2.45) is 0 Å². The molecule has 1 N–H and O–H groups in total. The van der Waals surface area contributed by atoms with Crippen molar-refractivity contribution in [1.82, 2.24) is 30.2 Å². The molecule has 0 radical (unpaired) electrons. The van der Waals surface area contributed by atoms with Crippen LogP contribution in [0.15, 0.2) is 36.5 Å². The summed E-state index contributed by atoms with van der Waals surface area (Å²) in [5.74, 6) is -0.0478. The molecule has 2 aliphatic heterocycles. The van der Waals surface area contributed by atoms with E-state index >= 15 is 0 Å². The lowest BCUT2D eigenvalue weighted by Crippen LogP contribution is -2.48. The molecule has 2 fully saturated rings. The van der Waals surface area contributed by atoms with Crippen molar-refractivity contribution >= 4 is 41.6 Å². The fourth-order valence-corrected chi connectivity index (χ4v) is 4.70. The highest BCUT2D eigenvalue weighted by atomic mass is 35.5. The molecule has 1 aromatic carbocycles. The van der Waals surface area contributed by atoms with Crippen LogP contribution < -0.4 is 5.32 Å². The van der Waals surface area contributed by atoms with Crippen molar-refractivity contribution in [2.45, 2.75) is 50.7 Å². The van der Waals surface area contributed by atoms with Gasteiger partial charge in [0.2, 0.25) is 0 Å². The molecule has 30 heavy (non-hydrogen) atoms. The summed E-state index contributed by atoms with van der Waals surface area (Å²) < 4.78 is 1.75. The van der Waals surface area contributed by atoms with Gasteiger partial charge in [0.25, 0.3) is 5.91 Å². The first-order valence-electron chi connectivity index (χ1n) is 9.91. The van der Waals surface area contributed by atoms with Crippen molar-refractivity contribution in [1.29, 1.82) is 0 Å². The fraction of sp³-hybridized carbons (Fsp3) is 0.429. The van der Waals surface area contributed by atoms with Crippen LogP contribution in [0.2, 0.25) is 0 Å². The minimum atomic E-state index is -0.0478. The lowest BCUT2D eigenvalue weighted by atomic mass is 9.98. The van der Waals surface area contributed by atoms with E-state index in [1.807, 2.05) is 49.2 Å². The number of carbonyl (C=O) groups is 1. The smallest absolute Gasteiger partial charge is 0.276 e. The number of hydrogen-bond acceptors (Lipinski definition) is 5. The molecule has 2 bridgehead atoms. The Balaban J connectivity index is 0.00000128. The standard InChI is InChI=1S/C21H24N6O.2ClH/c1-13-20(21(28)26(2)16-11-14-8-9-15(12-16)23-14)24-25-27(13)19-7-3-6-18-17(19)5-4-10-22-18;;/h3-7,10,14-16,23H,8-9,11-12H2,1-2H3;2*1H. The van der Waals surface area contributed by atoms with Gasteiger partial charge in [0.05, 0.1) is 16.9 Å². The lowest BCUT2D eigenvalue weighted by molar-refractivity contribution is 0.0675. The topological polar surface area (TPSA) is 75.9 Å². The van der Waals surface area contributed by atoms with Gasteiger partial charge in [-0.05, 0) is 56.9 Å². The molecular weight excluding hydrogens is 423 g/mol. The Morgan fingerprint density at radius 3 is 2.60 bits per heavy atom. The predicted octanol–water partition coefficient (Wildman–Crippen LogP) is 3.32. The van der Waals surface area contributed by atoms with Crippen LogP contribution in [-0.2, 0) is 0 Å². The van der Waals surface area contributed by atoms with E-state index < -0.39 is 0 Å². The summed E-state index contributed by atoms with van der Waals surface area (Å²) in [4.78, 5) is 19.5. The van der Waals surface area contributed by atoms with Gasteiger partial charge in [0.15, 0.2) is 5.69 Å². The highest BCUT2D eigenvalue weighted by molar-refractivity contribution is 5.94. The third kappa shape index (κ3) is 3.77. The van der Waals surface area contributed by atoms with Crippen molar-refractivity contribution in [3.63, 3.8) is 0 Å². The molecule has 2 atom stereocenters. The molecule has 5 rings (SSSR count). The second-order valence-corrected chi connectivity index (χ2v) is 7.96. The van der Waals surface area contributed by atoms with Gasteiger partial charge in [0, 0.05) is 36.8 Å². The minimum absolute atomic E-state index is 0. The zero-order valence-electron chi connectivity index (χ0n) is 17.0. The number of fused-ring (bicyclic) bond motifs is 3. The van der Waals surface area contributed by atoms with Crippen LogP contribution in [0.3, 0.4) is 0 Å². The van der Waals surface area contributed by atoms with Gasteiger partial charge in [-0.25, -0.2) is 4.68 Å². The second-order valence-electron chi connectivity index (χ2n) is 7.96. The Labute approximate surface area is 188 Å². The number of benzene rings is 1. The van der Waals surface area contributed by atoms with Crippen LogP contribution in [0, 0.1) is 6.92 Å². The Morgan fingerprint density at radius 1 is 1.13 bits per heavy atom. The number of nitrogens with one attached hydrogen (secondary N) is 1. The van der Waals surface area contributed by atoms with Gasteiger partial charge < -0.3 is 10.2 Å². The average Bonchev–Trinajstić information content (AvgIpc) is 3.27. The third-order valence-electron chi connectivity index (χ3n) is 6.26. The quantitative estimate of drug-likeness (QED) is 0.664. The maximum atomic E-state index is 13.2. The first-order valence-corrected chi connectivity index (χ1v) is 9.91. The van der Waals surface area contributed by atoms with Crippen molar-refractivity contribution in [3.8, 4) is 5.69 Å². The fourth-order valence-electron chi connectivity index (χ4n) is 4.70. The van der Waals surface area contributed by atoms with Gasteiger partial charge in [-0.15, -0.1) is 29.9 Å². The van der Waals surface area contributed by atoms with Crippen LogP contribution in [0.25, 0.3) is 16.6 Å². The SMILES string of the molecule is Cc1c(C(=O)N(C)C2CC3CCC(C2)N3)nnn1-c1cccc2ncccc12.Cl.Cl. The molecule has 2 aromatic heterocycles. The number of carbonyl (C=O) groups excluding carboxylic acids is 1. The number of halogens is 2. The van der Waals surface area contributed by atoms with E-state index in [1.165, 1.54) is 12.8 Å². The van der Waals surface area contributed by atoms with Crippen LogP contribution in [0.5, 0.6) is 0 Å². The number of pyridine rings is 1. The van der Waals surface area contributed by atoms with Crippen molar-refractivity contribution in [3.05, 3.63) is 47.9 Å². The Bertz CT molecular complexity index is 1040. The number of aromatic nitrogens is 4. The summed E-state index contributed by atoms with van der Waals surface area (Å²) in [5, 5.41) is 13.2. The molecule has 7 nitrogen and oxygen atoms in total. The van der Waals surface area contributed by atoms with Crippen LogP contribution in [-0.4, -0.2) is 56.0 Å². The van der Waals surface area contributed by atoms with Crippen molar-refractivity contribution in [2.75, 3.05) is 7.05 Å². The maximum Gasteiger partial charge on any atom is 0.276 e. The van der Waals surface area contributed by atoms with Gasteiger partial charge in [-0.1, -0.05) is 11.3 Å². The molecule has 3 aromatic rings. The number of rotatable bonds is 3. The lowest BCUT2D eigenvalue weighted by Gasteiger charge is -2.35. The van der Waals surface area contributed by atoms with Gasteiger partial charge >= 0.3 is 0 Å². The van der Waals surface area contributed by atoms with E-state index in [0.29, 0.717) is 17.8 Å². The molecule has 9 heteroatoms. The van der Waals surface area contributed by atoms with Crippen LogP contribution in [0.1, 0.15) is 41.9 Å². The summed E-state index contributed by atoms with van der Waals surface area (Å²) in [5.41, 5.74) is 2.96. The molecule has 0 saturated carbocycles. The van der Waals surface area contributed by atoms with E-state index in [9.17, 15) is 4.79 Å². The summed E-state index contributed by atoms with van der Waals surface area (Å²) in [7, 11) is 1.90. The minimum Gasteiger partial charge on any atom is -0.337 e.